The molecule has 0 radical (unpaired) electrons. The van der Waals surface area contributed by atoms with Crippen LogP contribution in [0.15, 0.2) is 48.5 Å². The molecule has 28 heavy (non-hydrogen) atoms. The Kier molecular flexibility index (Phi) is 6.62. The zero-order valence-corrected chi connectivity index (χ0v) is 16.8. The van der Waals surface area contributed by atoms with Gasteiger partial charge < -0.3 is 15.4 Å². The van der Waals surface area contributed by atoms with E-state index >= 15 is 0 Å². The highest BCUT2D eigenvalue weighted by Crippen LogP contribution is 2.40. The number of carbonyl (C=O) groups excluding carboxylic acids is 1. The summed E-state index contributed by atoms with van der Waals surface area (Å²) in [5, 5.41) is 6.94. The summed E-state index contributed by atoms with van der Waals surface area (Å²) in [6, 6.07) is 13.9. The van der Waals surface area contributed by atoms with E-state index in [1.807, 2.05) is 18.2 Å². The Labute approximate surface area is 170 Å². The van der Waals surface area contributed by atoms with Gasteiger partial charge in [-0.15, -0.1) is 0 Å². The second-order valence-electron chi connectivity index (χ2n) is 7.10. The van der Waals surface area contributed by atoms with Gasteiger partial charge in [0.1, 0.15) is 5.82 Å². The third kappa shape index (κ3) is 4.87. The van der Waals surface area contributed by atoms with Gasteiger partial charge in [0.25, 0.3) is 0 Å². The van der Waals surface area contributed by atoms with E-state index in [1.165, 1.54) is 12.1 Å². The van der Waals surface area contributed by atoms with Gasteiger partial charge in [0.05, 0.1) is 12.2 Å². The average Bonchev–Trinajstić information content (AvgIpc) is 3.17. The van der Waals surface area contributed by atoms with Gasteiger partial charge in [0.15, 0.2) is 5.11 Å². The van der Waals surface area contributed by atoms with Gasteiger partial charge >= 0.3 is 5.97 Å². The fraction of sp³-hybridized carbons (Fsp3) is 0.364. The van der Waals surface area contributed by atoms with Gasteiger partial charge in [0.2, 0.25) is 0 Å². The molecule has 1 aliphatic carbocycles. The molecule has 1 saturated carbocycles. The van der Waals surface area contributed by atoms with Crippen molar-refractivity contribution in [3.8, 4) is 0 Å². The van der Waals surface area contributed by atoms with Gasteiger partial charge in [-0.1, -0.05) is 31.0 Å². The summed E-state index contributed by atoms with van der Waals surface area (Å²) >= 11 is 5.45. The number of halogens is 1. The summed E-state index contributed by atoms with van der Waals surface area (Å²) < 4.78 is 18.3. The molecule has 0 unspecified atom stereocenters. The Bertz CT molecular complexity index is 833. The van der Waals surface area contributed by atoms with Crippen LogP contribution >= 0.6 is 12.2 Å². The van der Waals surface area contributed by atoms with Crippen LogP contribution in [0.25, 0.3) is 0 Å². The molecule has 0 atom stereocenters. The lowest BCUT2D eigenvalue weighted by Crippen LogP contribution is -2.40. The van der Waals surface area contributed by atoms with Crippen LogP contribution < -0.4 is 10.6 Å². The summed E-state index contributed by atoms with van der Waals surface area (Å²) in [6.45, 7) is 2.79. The fourth-order valence-corrected chi connectivity index (χ4v) is 3.98. The zero-order chi connectivity index (χ0) is 20.0. The molecule has 0 aromatic heterocycles. The van der Waals surface area contributed by atoms with Gasteiger partial charge in [-0.3, -0.25) is 0 Å². The van der Waals surface area contributed by atoms with Crippen molar-refractivity contribution in [1.29, 1.82) is 0 Å². The molecule has 6 heteroatoms. The van der Waals surface area contributed by atoms with E-state index in [0.29, 0.717) is 23.8 Å². The Morgan fingerprint density at radius 3 is 2.57 bits per heavy atom. The number of anilines is 1. The van der Waals surface area contributed by atoms with Crippen LogP contribution in [0.3, 0.4) is 0 Å². The molecule has 1 fully saturated rings. The molecule has 0 bridgehead atoms. The Hall–Kier alpha value is -2.47. The maximum absolute atomic E-state index is 13.3. The summed E-state index contributed by atoms with van der Waals surface area (Å²) in [5.74, 6) is -0.574. The van der Waals surface area contributed by atoms with Gasteiger partial charge in [0, 0.05) is 17.6 Å². The molecule has 2 aromatic carbocycles. The highest BCUT2D eigenvalue weighted by Gasteiger charge is 2.35. The molecule has 1 aliphatic rings. The highest BCUT2D eigenvalue weighted by molar-refractivity contribution is 7.80. The quantitative estimate of drug-likeness (QED) is 0.539. The van der Waals surface area contributed by atoms with E-state index in [2.05, 4.69) is 10.6 Å². The molecule has 2 N–H and O–H groups in total. The van der Waals surface area contributed by atoms with E-state index in [-0.39, 0.29) is 17.2 Å². The number of hydrogen-bond acceptors (Lipinski definition) is 3. The maximum atomic E-state index is 13.3. The molecule has 0 aliphatic heterocycles. The maximum Gasteiger partial charge on any atom is 0.338 e. The molecule has 3 rings (SSSR count). The Morgan fingerprint density at radius 1 is 1.18 bits per heavy atom. The van der Waals surface area contributed by atoms with Crippen molar-refractivity contribution in [2.45, 2.75) is 38.0 Å². The first kappa shape index (κ1) is 20.3. The number of ether oxygens (including phenoxy) is 1. The number of nitrogens with one attached hydrogen (secondary N) is 2. The largest absolute Gasteiger partial charge is 0.462 e. The van der Waals surface area contributed by atoms with E-state index in [4.69, 9.17) is 17.0 Å². The molecular weight excluding hydrogens is 375 g/mol. The molecule has 0 saturated heterocycles. The molecule has 0 spiro atoms. The SMILES string of the molecule is CCOC(=O)c1cccc(NC(=S)NCC2(c3ccc(F)cc3)CCCC2)c1. The molecule has 0 amide bonds. The Balaban J connectivity index is 1.64. The minimum absolute atomic E-state index is 0.0355. The lowest BCUT2D eigenvalue weighted by molar-refractivity contribution is 0.0526. The number of thiocarbonyl (C=S) groups is 1. The van der Waals surface area contributed by atoms with E-state index < -0.39 is 0 Å². The molecule has 0 heterocycles. The van der Waals surface area contributed by atoms with Crippen LogP contribution in [0.5, 0.6) is 0 Å². The monoisotopic (exact) mass is 400 g/mol. The number of esters is 1. The highest BCUT2D eigenvalue weighted by atomic mass is 32.1. The molecule has 4 nitrogen and oxygen atoms in total. The number of benzene rings is 2. The van der Waals surface area contributed by atoms with E-state index in [0.717, 1.165) is 36.9 Å². The van der Waals surface area contributed by atoms with Gasteiger partial charge in [-0.2, -0.15) is 0 Å². The van der Waals surface area contributed by atoms with Crippen LogP contribution in [0.1, 0.15) is 48.5 Å². The van der Waals surface area contributed by atoms with Crippen molar-refractivity contribution >= 4 is 29.0 Å². The third-order valence-corrected chi connectivity index (χ3v) is 5.48. The number of hydrogen-bond donors (Lipinski definition) is 2. The third-order valence-electron chi connectivity index (χ3n) is 5.24. The summed E-state index contributed by atoms with van der Waals surface area (Å²) in [5.41, 5.74) is 2.32. The lowest BCUT2D eigenvalue weighted by atomic mass is 9.79. The fourth-order valence-electron chi connectivity index (χ4n) is 3.79. The standard InChI is InChI=1S/C22H25FN2O2S/c1-2-27-20(26)16-6-5-7-19(14-16)25-21(28)24-15-22(12-3-4-13-22)17-8-10-18(23)11-9-17/h5-11,14H,2-4,12-13,15H2,1H3,(H2,24,25,28). The van der Waals surface area contributed by atoms with Crippen LogP contribution in [-0.4, -0.2) is 24.2 Å². The smallest absolute Gasteiger partial charge is 0.338 e. The minimum atomic E-state index is -0.355. The van der Waals surface area contributed by atoms with Crippen molar-refractivity contribution in [2.24, 2.45) is 0 Å². The summed E-state index contributed by atoms with van der Waals surface area (Å²) in [4.78, 5) is 11.9. The zero-order valence-electron chi connectivity index (χ0n) is 16.0. The Morgan fingerprint density at radius 2 is 1.89 bits per heavy atom. The van der Waals surface area contributed by atoms with Crippen LogP contribution in [-0.2, 0) is 10.2 Å². The van der Waals surface area contributed by atoms with Crippen LogP contribution in [0.4, 0.5) is 10.1 Å². The topological polar surface area (TPSA) is 50.4 Å². The predicted octanol–water partition coefficient (Wildman–Crippen LogP) is 4.80. The van der Waals surface area contributed by atoms with Crippen LogP contribution in [0, 0.1) is 5.82 Å². The van der Waals surface area contributed by atoms with Crippen molar-refractivity contribution in [1.82, 2.24) is 5.32 Å². The lowest BCUT2D eigenvalue weighted by Gasteiger charge is -2.30. The van der Waals surface area contributed by atoms with Crippen molar-refractivity contribution in [3.63, 3.8) is 0 Å². The van der Waals surface area contributed by atoms with E-state index in [9.17, 15) is 9.18 Å². The van der Waals surface area contributed by atoms with Crippen molar-refractivity contribution in [2.75, 3.05) is 18.5 Å². The predicted molar refractivity (Wildman–Crippen MR) is 113 cm³/mol. The molecule has 148 valence electrons. The first-order valence-corrected chi connectivity index (χ1v) is 10.0. The van der Waals surface area contributed by atoms with Crippen molar-refractivity contribution in [3.05, 3.63) is 65.5 Å². The minimum Gasteiger partial charge on any atom is -0.462 e. The number of carbonyl (C=O) groups is 1. The first-order chi connectivity index (χ1) is 13.5. The second kappa shape index (κ2) is 9.15. The number of rotatable bonds is 6. The second-order valence-corrected chi connectivity index (χ2v) is 7.51. The van der Waals surface area contributed by atoms with Crippen molar-refractivity contribution < 1.29 is 13.9 Å². The summed E-state index contributed by atoms with van der Waals surface area (Å²) in [6.07, 6.45) is 4.40. The van der Waals surface area contributed by atoms with E-state index in [1.54, 1.807) is 25.1 Å². The first-order valence-electron chi connectivity index (χ1n) is 9.60. The van der Waals surface area contributed by atoms with Gasteiger partial charge in [-0.25, -0.2) is 9.18 Å². The molecular formula is C22H25FN2O2S. The normalized spacial score (nSPS) is 15.1. The average molecular weight is 401 g/mol. The summed E-state index contributed by atoms with van der Waals surface area (Å²) in [7, 11) is 0. The van der Waals surface area contributed by atoms with Gasteiger partial charge in [-0.05, 0) is 67.9 Å². The van der Waals surface area contributed by atoms with Crippen LogP contribution in [0.2, 0.25) is 0 Å². The molecule has 2 aromatic rings.